The normalized spacial score (nSPS) is 16.5. The fraction of sp³-hybridized carbons (Fsp3) is 0.304. The van der Waals surface area contributed by atoms with Crippen molar-refractivity contribution >= 4 is 27.1 Å². The molecule has 32 heavy (non-hydrogen) atoms. The minimum absolute atomic E-state index is 0.0418. The van der Waals surface area contributed by atoms with Gasteiger partial charge >= 0.3 is 0 Å². The third kappa shape index (κ3) is 5.73. The molecule has 3 N–H and O–H groups in total. The molecule has 166 valence electrons. The molecule has 1 atom stereocenters. The van der Waals surface area contributed by atoms with E-state index in [2.05, 4.69) is 31.3 Å². The second-order valence-corrected chi connectivity index (χ2v) is 9.34. The number of amides is 1. The quantitative estimate of drug-likeness (QED) is 0.497. The van der Waals surface area contributed by atoms with Crippen LogP contribution in [0, 0.1) is 17.8 Å². The summed E-state index contributed by atoms with van der Waals surface area (Å²) in [7, 11) is -3.68. The number of fused-ring (bicyclic) bond motifs is 1. The Bertz CT molecular complexity index is 1240. The second kappa shape index (κ2) is 9.96. The van der Waals surface area contributed by atoms with Gasteiger partial charge in [0.05, 0.1) is 0 Å². The number of H-pyrrole nitrogens is 1. The third-order valence-corrected chi connectivity index (χ3v) is 6.53. The van der Waals surface area contributed by atoms with Crippen LogP contribution in [-0.2, 0) is 21.5 Å². The molecule has 2 aromatic heterocycles. The molecular weight excluding hydrogens is 426 g/mol. The van der Waals surface area contributed by atoms with E-state index in [1.807, 2.05) is 36.4 Å². The first-order valence-corrected chi connectivity index (χ1v) is 12.0. The lowest BCUT2D eigenvalue weighted by Crippen LogP contribution is -2.45. The first-order chi connectivity index (χ1) is 15.5. The van der Waals surface area contributed by atoms with Crippen LogP contribution in [0.4, 0.5) is 0 Å². The number of hydrogen-bond donors (Lipinski definition) is 3. The van der Waals surface area contributed by atoms with Crippen LogP contribution in [0.25, 0.3) is 11.0 Å². The zero-order valence-corrected chi connectivity index (χ0v) is 18.4. The maximum atomic E-state index is 12.5. The van der Waals surface area contributed by atoms with E-state index in [0.29, 0.717) is 13.1 Å². The summed E-state index contributed by atoms with van der Waals surface area (Å²) in [6.45, 7) is 1.55. The highest BCUT2D eigenvalue weighted by Gasteiger charge is 2.24. The molecule has 0 aliphatic carbocycles. The number of carbonyl (C=O) groups excluding carboxylic acids is 1. The van der Waals surface area contributed by atoms with Gasteiger partial charge in [-0.05, 0) is 48.6 Å². The van der Waals surface area contributed by atoms with E-state index in [1.54, 1.807) is 23.4 Å². The lowest BCUT2D eigenvalue weighted by Gasteiger charge is -2.31. The number of carbonyl (C=O) groups is 1. The Labute approximate surface area is 187 Å². The monoisotopic (exact) mass is 451 g/mol. The lowest BCUT2D eigenvalue weighted by atomic mass is 9.98. The highest BCUT2D eigenvalue weighted by molar-refractivity contribution is 7.87. The highest BCUT2D eigenvalue weighted by Crippen LogP contribution is 2.17. The summed E-state index contributed by atoms with van der Waals surface area (Å²) in [4.78, 5) is 21.4. The standard InChI is InChI=1S/C23H25N5O3S/c29-22(9-8-18-5-2-1-3-6-18)28-14-4-7-19(17-28)15-26-32(30,31)27-16-20-10-12-24-23-21(20)11-13-25-23/h1-3,5-6,10-13,19,26-27H,4,7,14-17H2,(H,24,25). The van der Waals surface area contributed by atoms with E-state index in [9.17, 15) is 13.2 Å². The maximum Gasteiger partial charge on any atom is 0.298 e. The van der Waals surface area contributed by atoms with Gasteiger partial charge in [-0.25, -0.2) is 9.71 Å². The minimum atomic E-state index is -3.68. The molecule has 1 aliphatic rings. The van der Waals surface area contributed by atoms with Gasteiger partial charge in [-0.1, -0.05) is 24.1 Å². The molecule has 1 aliphatic heterocycles. The molecule has 1 unspecified atom stereocenters. The Morgan fingerprint density at radius 1 is 1.19 bits per heavy atom. The Kier molecular flexibility index (Phi) is 6.85. The Hall–Kier alpha value is -3.19. The van der Waals surface area contributed by atoms with Gasteiger partial charge in [0.25, 0.3) is 16.1 Å². The van der Waals surface area contributed by atoms with Gasteiger partial charge in [0.15, 0.2) is 0 Å². The molecule has 0 radical (unpaired) electrons. The number of aromatic amines is 1. The van der Waals surface area contributed by atoms with Crippen LogP contribution < -0.4 is 9.44 Å². The van der Waals surface area contributed by atoms with Gasteiger partial charge in [0, 0.05) is 55.4 Å². The second-order valence-electron chi connectivity index (χ2n) is 7.76. The highest BCUT2D eigenvalue weighted by atomic mass is 32.2. The van der Waals surface area contributed by atoms with Crippen molar-refractivity contribution in [2.24, 2.45) is 5.92 Å². The van der Waals surface area contributed by atoms with Crippen LogP contribution in [0.2, 0.25) is 0 Å². The van der Waals surface area contributed by atoms with Crippen molar-refractivity contribution < 1.29 is 13.2 Å². The average molecular weight is 452 g/mol. The molecular formula is C23H25N5O3S. The summed E-state index contributed by atoms with van der Waals surface area (Å²) in [6.07, 6.45) is 5.09. The summed E-state index contributed by atoms with van der Waals surface area (Å²) in [5, 5.41) is 0.883. The molecule has 8 nitrogen and oxygen atoms in total. The lowest BCUT2D eigenvalue weighted by molar-refractivity contribution is -0.126. The molecule has 3 aromatic rings. The molecule has 1 aromatic carbocycles. The van der Waals surface area contributed by atoms with Crippen LogP contribution in [-0.4, -0.2) is 48.8 Å². The van der Waals surface area contributed by atoms with Crippen molar-refractivity contribution in [1.29, 1.82) is 0 Å². The van der Waals surface area contributed by atoms with E-state index in [1.165, 1.54) is 0 Å². The van der Waals surface area contributed by atoms with Gasteiger partial charge in [-0.15, -0.1) is 0 Å². The summed E-state index contributed by atoms with van der Waals surface area (Å²) in [6, 6.07) is 13.0. The fourth-order valence-corrected chi connectivity index (χ4v) is 4.67. The van der Waals surface area contributed by atoms with Crippen LogP contribution in [0.1, 0.15) is 24.0 Å². The maximum absolute atomic E-state index is 12.5. The topological polar surface area (TPSA) is 107 Å². The summed E-state index contributed by atoms with van der Waals surface area (Å²) < 4.78 is 30.1. The van der Waals surface area contributed by atoms with E-state index in [0.717, 1.165) is 35.0 Å². The molecule has 0 bridgehead atoms. The SMILES string of the molecule is O=C(C#Cc1ccccc1)N1CCCC(CNS(=O)(=O)NCc2ccnc3[nH]ccc23)C1. The number of benzene rings is 1. The number of hydrogen-bond acceptors (Lipinski definition) is 4. The van der Waals surface area contributed by atoms with Gasteiger partial charge in [-0.2, -0.15) is 13.1 Å². The Balaban J connectivity index is 1.28. The fourth-order valence-electron chi connectivity index (χ4n) is 3.77. The number of nitrogens with one attached hydrogen (secondary N) is 3. The smallest absolute Gasteiger partial charge is 0.298 e. The molecule has 1 amide bonds. The van der Waals surface area contributed by atoms with Crippen LogP contribution in [0.15, 0.2) is 54.9 Å². The van der Waals surface area contributed by atoms with Gasteiger partial charge in [0.2, 0.25) is 0 Å². The van der Waals surface area contributed by atoms with Crippen LogP contribution in [0.5, 0.6) is 0 Å². The Morgan fingerprint density at radius 3 is 2.88 bits per heavy atom. The molecule has 3 heterocycles. The molecule has 1 fully saturated rings. The predicted octanol–water partition coefficient (Wildman–Crippen LogP) is 1.78. The number of nitrogens with zero attached hydrogens (tertiary/aromatic N) is 2. The van der Waals surface area contributed by atoms with Crippen molar-refractivity contribution in [3.63, 3.8) is 0 Å². The number of aromatic nitrogens is 2. The van der Waals surface area contributed by atoms with Gasteiger partial charge in [-0.3, -0.25) is 4.79 Å². The van der Waals surface area contributed by atoms with Crippen LogP contribution in [0.3, 0.4) is 0 Å². The van der Waals surface area contributed by atoms with Crippen molar-refractivity contribution in [3.05, 3.63) is 66.0 Å². The average Bonchev–Trinajstić information content (AvgIpc) is 3.30. The largest absolute Gasteiger partial charge is 0.346 e. The summed E-state index contributed by atoms with van der Waals surface area (Å²) in [5.41, 5.74) is 2.35. The van der Waals surface area contributed by atoms with Crippen molar-refractivity contribution in [3.8, 4) is 11.8 Å². The van der Waals surface area contributed by atoms with Gasteiger partial charge in [0.1, 0.15) is 5.65 Å². The zero-order chi connectivity index (χ0) is 22.4. The zero-order valence-electron chi connectivity index (χ0n) is 17.5. The number of likely N-dealkylation sites (tertiary alicyclic amines) is 1. The van der Waals surface area contributed by atoms with E-state index in [-0.39, 0.29) is 24.9 Å². The Morgan fingerprint density at radius 2 is 2.03 bits per heavy atom. The minimum Gasteiger partial charge on any atom is -0.346 e. The first-order valence-electron chi connectivity index (χ1n) is 10.5. The van der Waals surface area contributed by atoms with Crippen LogP contribution >= 0.6 is 0 Å². The number of pyridine rings is 1. The van der Waals surface area contributed by atoms with Gasteiger partial charge < -0.3 is 9.88 Å². The molecule has 0 saturated carbocycles. The molecule has 0 spiro atoms. The van der Waals surface area contributed by atoms with E-state index >= 15 is 0 Å². The molecule has 1 saturated heterocycles. The van der Waals surface area contributed by atoms with Crippen molar-refractivity contribution in [2.75, 3.05) is 19.6 Å². The summed E-state index contributed by atoms with van der Waals surface area (Å²) in [5.74, 6) is 5.39. The molecule has 9 heteroatoms. The summed E-state index contributed by atoms with van der Waals surface area (Å²) >= 11 is 0. The number of rotatable bonds is 6. The molecule has 4 rings (SSSR count). The van der Waals surface area contributed by atoms with E-state index in [4.69, 9.17) is 0 Å². The van der Waals surface area contributed by atoms with Crippen molar-refractivity contribution in [1.82, 2.24) is 24.3 Å². The van der Waals surface area contributed by atoms with E-state index < -0.39 is 10.2 Å². The third-order valence-electron chi connectivity index (χ3n) is 5.46. The van der Waals surface area contributed by atoms with Crippen molar-refractivity contribution in [2.45, 2.75) is 19.4 Å². The first kappa shape index (κ1) is 22.0. The predicted molar refractivity (Wildman–Crippen MR) is 122 cm³/mol. The number of piperidine rings is 1.